The maximum atomic E-state index is 13.9. The highest BCUT2D eigenvalue weighted by Gasteiger charge is 2.47. The van der Waals surface area contributed by atoms with Crippen LogP contribution in [-0.4, -0.2) is 24.9 Å². The van der Waals surface area contributed by atoms with Crippen LogP contribution in [-0.2, 0) is 15.3 Å². The summed E-state index contributed by atoms with van der Waals surface area (Å²) < 4.78 is 75.8. The fourth-order valence-electron chi connectivity index (χ4n) is 3.66. The number of hydrogen-bond acceptors (Lipinski definition) is 4. The minimum absolute atomic E-state index is 0.148. The van der Waals surface area contributed by atoms with Gasteiger partial charge in [-0.3, -0.25) is 4.79 Å². The summed E-state index contributed by atoms with van der Waals surface area (Å²) >= 11 is 5.99. The van der Waals surface area contributed by atoms with Gasteiger partial charge in [0.25, 0.3) is 15.7 Å². The second-order valence-electron chi connectivity index (χ2n) is 9.13. The summed E-state index contributed by atoms with van der Waals surface area (Å²) in [6.45, 7) is 6.99. The molecule has 5 nitrogen and oxygen atoms in total. The quantitative estimate of drug-likeness (QED) is 0.347. The predicted octanol–water partition coefficient (Wildman–Crippen LogP) is 7.00. The Kier molecular flexibility index (Phi) is 7.18. The van der Waals surface area contributed by atoms with E-state index in [9.17, 15) is 35.9 Å². The maximum absolute atomic E-state index is 13.9. The van der Waals surface area contributed by atoms with Gasteiger partial charge in [0.1, 0.15) is 11.6 Å². The first-order valence-electron chi connectivity index (χ1n) is 10.5. The van der Waals surface area contributed by atoms with Crippen LogP contribution in [0.25, 0.3) is 11.1 Å². The normalized spacial score (nSPS) is 12.5. The third-order valence-corrected chi connectivity index (χ3v) is 7.33. The van der Waals surface area contributed by atoms with Gasteiger partial charge < -0.3 is 10.4 Å². The molecule has 0 aliphatic heterocycles. The van der Waals surface area contributed by atoms with E-state index in [4.69, 9.17) is 11.6 Å². The Morgan fingerprint density at radius 3 is 2.19 bits per heavy atom. The van der Waals surface area contributed by atoms with Crippen LogP contribution in [0.3, 0.4) is 0 Å². The summed E-state index contributed by atoms with van der Waals surface area (Å²) in [7, 11) is -5.64. The van der Waals surface area contributed by atoms with E-state index in [2.05, 4.69) is 5.32 Å². The second kappa shape index (κ2) is 9.40. The van der Waals surface area contributed by atoms with Crippen LogP contribution in [0.15, 0.2) is 53.4 Å². The average molecular weight is 544 g/mol. The largest absolute Gasteiger partial charge is 0.507 e. The molecule has 0 saturated heterocycles. The lowest BCUT2D eigenvalue weighted by Gasteiger charge is -2.25. The van der Waals surface area contributed by atoms with Crippen molar-refractivity contribution in [2.24, 2.45) is 0 Å². The van der Waals surface area contributed by atoms with Gasteiger partial charge in [0.05, 0.1) is 21.2 Å². The first-order valence-corrected chi connectivity index (χ1v) is 12.4. The van der Waals surface area contributed by atoms with Crippen molar-refractivity contribution in [1.29, 1.82) is 0 Å². The molecule has 0 aliphatic rings. The summed E-state index contributed by atoms with van der Waals surface area (Å²) in [5, 5.41) is 13.0. The van der Waals surface area contributed by atoms with Gasteiger partial charge in [-0.1, -0.05) is 44.5 Å². The van der Waals surface area contributed by atoms with Crippen LogP contribution in [0.5, 0.6) is 5.75 Å². The zero-order chi connectivity index (χ0) is 27.2. The number of nitrogens with one attached hydrogen (secondary N) is 1. The number of phenolic OH excluding ortho intramolecular Hbond substituents is 1. The molecule has 3 rings (SSSR count). The van der Waals surface area contributed by atoms with E-state index in [1.807, 2.05) is 20.8 Å². The Morgan fingerprint density at radius 1 is 1.03 bits per heavy atom. The van der Waals surface area contributed by atoms with Gasteiger partial charge in [-0.25, -0.2) is 12.8 Å². The van der Waals surface area contributed by atoms with E-state index in [1.165, 1.54) is 18.2 Å². The molecule has 0 fully saturated rings. The van der Waals surface area contributed by atoms with E-state index < -0.39 is 42.4 Å². The van der Waals surface area contributed by atoms with Crippen molar-refractivity contribution in [1.82, 2.24) is 0 Å². The lowest BCUT2D eigenvalue weighted by atomic mass is 9.81. The van der Waals surface area contributed by atoms with Gasteiger partial charge in [-0.2, -0.15) is 13.2 Å². The van der Waals surface area contributed by atoms with Crippen molar-refractivity contribution in [2.45, 2.75) is 43.5 Å². The van der Waals surface area contributed by atoms with Gasteiger partial charge in [-0.05, 0) is 65.4 Å². The fourth-order valence-corrected chi connectivity index (χ4v) is 4.74. The van der Waals surface area contributed by atoms with Gasteiger partial charge in [0.2, 0.25) is 0 Å². The monoisotopic (exact) mass is 543 g/mol. The number of phenols is 1. The molecule has 0 aliphatic carbocycles. The molecule has 2 N–H and O–H groups in total. The summed E-state index contributed by atoms with van der Waals surface area (Å²) in [4.78, 5) is 12.2. The molecule has 0 aromatic heterocycles. The standard InChI is InChI=1S/C25H22ClF4NO4S/c1-13-17(14-6-5-7-15(27)10-14)12-18(24(2,3)4)22(32)21(13)23(33)31-20-9-8-16(11-19(20)26)36(34,35)25(28,29)30/h5-12,32H,1-4H3,(H,31,33). The molecule has 36 heavy (non-hydrogen) atoms. The average Bonchev–Trinajstić information content (AvgIpc) is 2.73. The van der Waals surface area contributed by atoms with E-state index in [1.54, 1.807) is 19.1 Å². The summed E-state index contributed by atoms with van der Waals surface area (Å²) in [5.74, 6) is -1.67. The minimum atomic E-state index is -5.64. The molecule has 0 bridgehead atoms. The van der Waals surface area contributed by atoms with Crippen LogP contribution in [0.2, 0.25) is 5.02 Å². The highest BCUT2D eigenvalue weighted by Crippen LogP contribution is 2.41. The highest BCUT2D eigenvalue weighted by molar-refractivity contribution is 7.92. The zero-order valence-corrected chi connectivity index (χ0v) is 21.2. The molecular formula is C25H22ClF4NO4S. The van der Waals surface area contributed by atoms with Gasteiger partial charge in [0.15, 0.2) is 0 Å². The first-order chi connectivity index (χ1) is 16.4. The number of aromatic hydroxyl groups is 1. The zero-order valence-electron chi connectivity index (χ0n) is 19.6. The van der Waals surface area contributed by atoms with Crippen LogP contribution in [0.4, 0.5) is 23.2 Å². The Morgan fingerprint density at radius 2 is 1.67 bits per heavy atom. The lowest BCUT2D eigenvalue weighted by molar-refractivity contribution is -0.0436. The molecule has 192 valence electrons. The Labute approximate surface area is 210 Å². The number of benzene rings is 3. The van der Waals surface area contributed by atoms with Crippen molar-refractivity contribution in [3.63, 3.8) is 0 Å². The molecule has 3 aromatic rings. The number of anilines is 1. The third-order valence-electron chi connectivity index (χ3n) is 5.53. The first kappa shape index (κ1) is 27.5. The molecular weight excluding hydrogens is 522 g/mol. The number of carbonyl (C=O) groups excluding carboxylic acids is 1. The Balaban J connectivity index is 2.12. The SMILES string of the molecule is Cc1c(-c2cccc(F)c2)cc(C(C)(C)C)c(O)c1C(=O)Nc1ccc(S(=O)(=O)C(F)(F)F)cc1Cl. The van der Waals surface area contributed by atoms with E-state index >= 15 is 0 Å². The van der Waals surface area contributed by atoms with Gasteiger partial charge in [-0.15, -0.1) is 0 Å². The van der Waals surface area contributed by atoms with Crippen molar-refractivity contribution >= 4 is 33.0 Å². The van der Waals surface area contributed by atoms with E-state index in [0.717, 1.165) is 6.07 Å². The number of hydrogen-bond donors (Lipinski definition) is 2. The van der Waals surface area contributed by atoms with Crippen molar-refractivity contribution < 1.29 is 35.9 Å². The van der Waals surface area contributed by atoms with Gasteiger partial charge in [0, 0.05) is 5.56 Å². The molecule has 0 atom stereocenters. The number of alkyl halides is 3. The molecule has 0 saturated carbocycles. The summed E-state index contributed by atoms with van der Waals surface area (Å²) in [5.41, 5.74) is -4.80. The molecule has 1 amide bonds. The summed E-state index contributed by atoms with van der Waals surface area (Å²) in [6.07, 6.45) is 0. The van der Waals surface area contributed by atoms with Crippen LogP contribution in [0.1, 0.15) is 42.3 Å². The van der Waals surface area contributed by atoms with Gasteiger partial charge >= 0.3 is 5.51 Å². The number of rotatable bonds is 4. The van der Waals surface area contributed by atoms with E-state index in [-0.39, 0.29) is 17.0 Å². The highest BCUT2D eigenvalue weighted by atomic mass is 35.5. The van der Waals surface area contributed by atoms with E-state index in [0.29, 0.717) is 34.4 Å². The number of halogens is 5. The topological polar surface area (TPSA) is 83.5 Å². The maximum Gasteiger partial charge on any atom is 0.501 e. The molecule has 0 unspecified atom stereocenters. The molecule has 0 heterocycles. The van der Waals surface area contributed by atoms with Crippen LogP contribution < -0.4 is 5.32 Å². The molecule has 3 aromatic carbocycles. The Bertz CT molecular complexity index is 1460. The predicted molar refractivity (Wildman–Crippen MR) is 130 cm³/mol. The van der Waals surface area contributed by atoms with Crippen molar-refractivity contribution in [2.75, 3.05) is 5.32 Å². The number of carbonyl (C=O) groups is 1. The Hall–Kier alpha value is -3.11. The van der Waals surface area contributed by atoms with Crippen molar-refractivity contribution in [3.05, 3.63) is 76.1 Å². The second-order valence-corrected chi connectivity index (χ2v) is 11.5. The molecule has 11 heteroatoms. The number of sulfone groups is 1. The lowest BCUT2D eigenvalue weighted by Crippen LogP contribution is -2.23. The third kappa shape index (κ3) is 5.19. The molecule has 0 radical (unpaired) electrons. The van der Waals surface area contributed by atoms with Crippen LogP contribution in [0, 0.1) is 12.7 Å². The minimum Gasteiger partial charge on any atom is -0.507 e. The smallest absolute Gasteiger partial charge is 0.501 e. The molecule has 0 spiro atoms. The summed E-state index contributed by atoms with van der Waals surface area (Å²) in [6, 6.07) is 9.53. The van der Waals surface area contributed by atoms with Crippen molar-refractivity contribution in [3.8, 4) is 16.9 Å². The van der Waals surface area contributed by atoms with Crippen LogP contribution >= 0.6 is 11.6 Å². The fraction of sp³-hybridized carbons (Fsp3) is 0.240. The number of amides is 1.